The number of carbonyl (C=O) groups is 1. The average Bonchev–Trinajstić information content (AvgIpc) is 2.47. The van der Waals surface area contributed by atoms with Gasteiger partial charge in [-0.25, -0.2) is 8.42 Å². The molecule has 1 atom stereocenters. The highest BCUT2D eigenvalue weighted by atomic mass is 32.2. The summed E-state index contributed by atoms with van der Waals surface area (Å²) in [5.74, 6) is 0.139. The first kappa shape index (κ1) is 16.0. The van der Waals surface area contributed by atoms with Crippen LogP contribution >= 0.6 is 0 Å². The van der Waals surface area contributed by atoms with Crippen LogP contribution in [0.25, 0.3) is 0 Å². The van der Waals surface area contributed by atoms with Gasteiger partial charge < -0.3 is 4.90 Å². The Morgan fingerprint density at radius 1 is 1.24 bits per heavy atom. The molecule has 0 saturated carbocycles. The lowest BCUT2D eigenvalue weighted by Crippen LogP contribution is -2.52. The van der Waals surface area contributed by atoms with Crippen LogP contribution in [0.3, 0.4) is 0 Å². The van der Waals surface area contributed by atoms with Crippen molar-refractivity contribution in [2.45, 2.75) is 26.3 Å². The van der Waals surface area contributed by atoms with Crippen LogP contribution in [0.15, 0.2) is 30.3 Å². The van der Waals surface area contributed by atoms with Crippen molar-refractivity contribution in [1.29, 1.82) is 0 Å². The van der Waals surface area contributed by atoms with Gasteiger partial charge in [0.15, 0.2) is 0 Å². The second kappa shape index (κ2) is 6.58. The number of carbonyl (C=O) groups excluding carboxylic acids is 1. The number of piperazine rings is 1. The topological polar surface area (TPSA) is 57.7 Å². The zero-order valence-electron chi connectivity index (χ0n) is 12.5. The summed E-state index contributed by atoms with van der Waals surface area (Å²) in [6, 6.07) is 9.24. The molecule has 1 aromatic carbocycles. The summed E-state index contributed by atoms with van der Waals surface area (Å²) >= 11 is 0. The minimum absolute atomic E-state index is 0.0107. The van der Waals surface area contributed by atoms with E-state index in [-0.39, 0.29) is 17.7 Å². The standard InChI is InChI=1S/C15H22N2O3S/c1-3-11-21(19,20)17-10-9-16(13(2)18)12-15(17)14-7-5-4-6-8-14/h4-8,15H,3,9-12H2,1-2H3/t15-/m0/s1. The summed E-state index contributed by atoms with van der Waals surface area (Å²) in [6.45, 7) is 4.63. The molecule has 1 aliphatic heterocycles. The van der Waals surface area contributed by atoms with Gasteiger partial charge in [-0.2, -0.15) is 4.31 Å². The summed E-state index contributed by atoms with van der Waals surface area (Å²) in [5.41, 5.74) is 0.933. The van der Waals surface area contributed by atoms with E-state index < -0.39 is 10.0 Å². The summed E-state index contributed by atoms with van der Waals surface area (Å²) in [6.07, 6.45) is 0.594. The molecular weight excluding hydrogens is 288 g/mol. The van der Waals surface area contributed by atoms with E-state index in [0.29, 0.717) is 26.1 Å². The van der Waals surface area contributed by atoms with Gasteiger partial charge in [0.05, 0.1) is 11.8 Å². The lowest BCUT2D eigenvalue weighted by Gasteiger charge is -2.40. The highest BCUT2D eigenvalue weighted by molar-refractivity contribution is 7.89. The van der Waals surface area contributed by atoms with Crippen molar-refractivity contribution in [1.82, 2.24) is 9.21 Å². The van der Waals surface area contributed by atoms with Crippen molar-refractivity contribution >= 4 is 15.9 Å². The normalized spacial score (nSPS) is 20.5. The van der Waals surface area contributed by atoms with E-state index in [9.17, 15) is 13.2 Å². The largest absolute Gasteiger partial charge is 0.340 e. The Balaban J connectivity index is 2.33. The maximum Gasteiger partial charge on any atom is 0.219 e. The molecule has 2 rings (SSSR count). The first-order valence-corrected chi connectivity index (χ1v) is 8.86. The number of hydrogen-bond acceptors (Lipinski definition) is 3. The lowest BCUT2D eigenvalue weighted by atomic mass is 10.0. The minimum Gasteiger partial charge on any atom is -0.340 e. The van der Waals surface area contributed by atoms with Gasteiger partial charge in [0.25, 0.3) is 0 Å². The molecule has 0 radical (unpaired) electrons. The summed E-state index contributed by atoms with van der Waals surface area (Å²) in [4.78, 5) is 13.3. The molecule has 0 aliphatic carbocycles. The summed E-state index contributed by atoms with van der Waals surface area (Å²) < 4.78 is 26.5. The third-order valence-corrected chi connectivity index (χ3v) is 5.86. The van der Waals surface area contributed by atoms with Crippen molar-refractivity contribution in [3.8, 4) is 0 Å². The van der Waals surface area contributed by atoms with Gasteiger partial charge in [-0.05, 0) is 12.0 Å². The fourth-order valence-corrected chi connectivity index (χ4v) is 4.39. The summed E-state index contributed by atoms with van der Waals surface area (Å²) in [5, 5.41) is 0. The van der Waals surface area contributed by atoms with E-state index >= 15 is 0 Å². The quantitative estimate of drug-likeness (QED) is 0.849. The average molecular weight is 310 g/mol. The van der Waals surface area contributed by atoms with E-state index in [2.05, 4.69) is 0 Å². The molecule has 0 unspecified atom stereocenters. The smallest absolute Gasteiger partial charge is 0.219 e. The Bertz CT molecular complexity index is 586. The second-order valence-corrected chi connectivity index (χ2v) is 7.36. The zero-order chi connectivity index (χ0) is 15.5. The molecule has 0 N–H and O–H groups in total. The highest BCUT2D eigenvalue weighted by Crippen LogP contribution is 2.28. The van der Waals surface area contributed by atoms with Crippen LogP contribution in [-0.2, 0) is 14.8 Å². The van der Waals surface area contributed by atoms with E-state index in [1.807, 2.05) is 37.3 Å². The molecule has 0 bridgehead atoms. The lowest BCUT2D eigenvalue weighted by molar-refractivity contribution is -0.131. The van der Waals surface area contributed by atoms with Crippen molar-refractivity contribution in [3.05, 3.63) is 35.9 Å². The maximum atomic E-state index is 12.5. The van der Waals surface area contributed by atoms with Crippen molar-refractivity contribution in [2.75, 3.05) is 25.4 Å². The second-order valence-electron chi connectivity index (χ2n) is 5.32. The Morgan fingerprint density at radius 3 is 2.48 bits per heavy atom. The molecule has 1 amide bonds. The van der Waals surface area contributed by atoms with E-state index in [1.165, 1.54) is 6.92 Å². The van der Waals surface area contributed by atoms with Gasteiger partial charge in [-0.1, -0.05) is 37.3 Å². The molecule has 0 aromatic heterocycles. The number of sulfonamides is 1. The van der Waals surface area contributed by atoms with Gasteiger partial charge in [0.2, 0.25) is 15.9 Å². The van der Waals surface area contributed by atoms with Crippen LogP contribution < -0.4 is 0 Å². The molecule has 116 valence electrons. The molecule has 1 fully saturated rings. The van der Waals surface area contributed by atoms with Crippen LogP contribution in [0, 0.1) is 0 Å². The van der Waals surface area contributed by atoms with Crippen LogP contribution in [0.5, 0.6) is 0 Å². The van der Waals surface area contributed by atoms with Crippen molar-refractivity contribution in [2.24, 2.45) is 0 Å². The van der Waals surface area contributed by atoms with Crippen LogP contribution in [0.1, 0.15) is 31.9 Å². The Hall–Kier alpha value is -1.40. The van der Waals surface area contributed by atoms with Crippen LogP contribution in [0.4, 0.5) is 0 Å². The Kier molecular flexibility index (Phi) is 5.00. The Morgan fingerprint density at radius 2 is 1.90 bits per heavy atom. The predicted octanol–water partition coefficient (Wildman–Crippen LogP) is 1.63. The number of hydrogen-bond donors (Lipinski definition) is 0. The van der Waals surface area contributed by atoms with Gasteiger partial charge >= 0.3 is 0 Å². The predicted molar refractivity (Wildman–Crippen MR) is 82.2 cm³/mol. The molecular formula is C15H22N2O3S. The molecule has 1 saturated heterocycles. The zero-order valence-corrected chi connectivity index (χ0v) is 13.3. The first-order valence-electron chi connectivity index (χ1n) is 7.25. The fraction of sp³-hybridized carbons (Fsp3) is 0.533. The number of rotatable bonds is 4. The van der Waals surface area contributed by atoms with Gasteiger partial charge in [-0.15, -0.1) is 0 Å². The third-order valence-electron chi connectivity index (χ3n) is 3.78. The fourth-order valence-electron chi connectivity index (χ4n) is 2.71. The molecule has 6 heteroatoms. The molecule has 1 aromatic rings. The van der Waals surface area contributed by atoms with Crippen molar-refractivity contribution in [3.63, 3.8) is 0 Å². The number of benzene rings is 1. The van der Waals surface area contributed by atoms with Crippen LogP contribution in [0.2, 0.25) is 0 Å². The van der Waals surface area contributed by atoms with Gasteiger partial charge in [0.1, 0.15) is 0 Å². The van der Waals surface area contributed by atoms with Gasteiger partial charge in [-0.3, -0.25) is 4.79 Å². The van der Waals surface area contributed by atoms with Crippen LogP contribution in [-0.4, -0.2) is 48.9 Å². The number of amides is 1. The Labute approximate surface area is 126 Å². The van der Waals surface area contributed by atoms with E-state index in [1.54, 1.807) is 9.21 Å². The van der Waals surface area contributed by atoms with Gasteiger partial charge in [0, 0.05) is 26.6 Å². The monoisotopic (exact) mass is 310 g/mol. The molecule has 5 nitrogen and oxygen atoms in total. The maximum absolute atomic E-state index is 12.5. The third kappa shape index (κ3) is 3.63. The SMILES string of the molecule is CCCS(=O)(=O)N1CCN(C(C)=O)C[C@H]1c1ccccc1. The van der Waals surface area contributed by atoms with Crippen molar-refractivity contribution < 1.29 is 13.2 Å². The van der Waals surface area contributed by atoms with E-state index in [0.717, 1.165) is 5.56 Å². The summed E-state index contributed by atoms with van der Waals surface area (Å²) in [7, 11) is -3.28. The minimum atomic E-state index is -3.28. The number of nitrogens with zero attached hydrogens (tertiary/aromatic N) is 2. The molecule has 1 aliphatic rings. The highest BCUT2D eigenvalue weighted by Gasteiger charge is 2.36. The molecule has 0 spiro atoms. The van der Waals surface area contributed by atoms with E-state index in [4.69, 9.17) is 0 Å². The molecule has 1 heterocycles. The first-order chi connectivity index (χ1) is 9.95. The molecule has 21 heavy (non-hydrogen) atoms.